The third-order valence-corrected chi connectivity index (χ3v) is 5.21. The molecule has 1 aliphatic rings. The van der Waals surface area contributed by atoms with E-state index in [-0.39, 0.29) is 23.1 Å². The number of aromatic amines is 1. The summed E-state index contributed by atoms with van der Waals surface area (Å²) in [6.45, 7) is 2.66. The van der Waals surface area contributed by atoms with Crippen LogP contribution in [0.4, 0.5) is 5.69 Å². The summed E-state index contributed by atoms with van der Waals surface area (Å²) in [5.41, 5.74) is 1.70. The van der Waals surface area contributed by atoms with Crippen molar-refractivity contribution in [2.45, 2.75) is 45.3 Å². The predicted octanol–water partition coefficient (Wildman–Crippen LogP) is 3.86. The van der Waals surface area contributed by atoms with Crippen molar-refractivity contribution in [3.63, 3.8) is 0 Å². The zero-order valence-corrected chi connectivity index (χ0v) is 15.9. The second-order valence-electron chi connectivity index (χ2n) is 6.96. The maximum absolute atomic E-state index is 12.3. The zero-order chi connectivity index (χ0) is 19.8. The lowest BCUT2D eigenvalue weighted by molar-refractivity contribution is -0.383. The first kappa shape index (κ1) is 18.4. The fraction of sp³-hybridized carbons (Fsp3) is 0.474. The molecule has 0 spiro atoms. The number of non-ortho nitro benzene ring substituents is 1. The van der Waals surface area contributed by atoms with E-state index in [0.29, 0.717) is 29.4 Å². The number of methoxy groups -OCH3 is 1. The number of rotatable bonds is 5. The van der Waals surface area contributed by atoms with E-state index in [1.807, 2.05) is 11.6 Å². The van der Waals surface area contributed by atoms with E-state index >= 15 is 0 Å². The van der Waals surface area contributed by atoms with E-state index in [4.69, 9.17) is 9.47 Å². The Kier molecular flexibility index (Phi) is 4.76. The Morgan fingerprint density at radius 1 is 1.50 bits per heavy atom. The van der Waals surface area contributed by atoms with Gasteiger partial charge in [0.2, 0.25) is 0 Å². The third-order valence-electron chi connectivity index (χ3n) is 5.21. The summed E-state index contributed by atoms with van der Waals surface area (Å²) in [6.07, 6.45) is 5.79. The molecule has 1 aromatic carbocycles. The maximum atomic E-state index is 12.3. The smallest absolute Gasteiger partial charge is 0.356 e. The molecular formula is C19H22N4O5. The number of nitro groups is 1. The molecule has 3 aromatic rings. The number of hydrogen-bond donors (Lipinski definition) is 1. The Bertz CT molecular complexity index is 1060. The lowest BCUT2D eigenvalue weighted by atomic mass is 10.0. The number of benzene rings is 1. The summed E-state index contributed by atoms with van der Waals surface area (Å²) >= 11 is 0. The van der Waals surface area contributed by atoms with Gasteiger partial charge in [-0.3, -0.25) is 14.8 Å². The second-order valence-corrected chi connectivity index (χ2v) is 6.96. The van der Waals surface area contributed by atoms with Crippen LogP contribution in [0.1, 0.15) is 54.9 Å². The van der Waals surface area contributed by atoms with E-state index in [1.165, 1.54) is 13.2 Å². The molecule has 0 saturated carbocycles. The highest BCUT2D eigenvalue weighted by molar-refractivity contribution is 6.13. The largest absolute Gasteiger partial charge is 0.464 e. The van der Waals surface area contributed by atoms with Crippen LogP contribution in [-0.4, -0.2) is 39.4 Å². The van der Waals surface area contributed by atoms with Crippen molar-refractivity contribution >= 4 is 33.5 Å². The monoisotopic (exact) mass is 386 g/mol. The Labute approximate surface area is 160 Å². The Hall–Kier alpha value is -2.94. The first-order valence-corrected chi connectivity index (χ1v) is 9.46. The van der Waals surface area contributed by atoms with Gasteiger partial charge in [-0.2, -0.15) is 0 Å². The van der Waals surface area contributed by atoms with E-state index in [2.05, 4.69) is 10.1 Å². The summed E-state index contributed by atoms with van der Waals surface area (Å²) in [5.74, 6) is -0.585. The van der Waals surface area contributed by atoms with Crippen molar-refractivity contribution < 1.29 is 19.2 Å². The van der Waals surface area contributed by atoms with Crippen molar-refractivity contribution in [2.24, 2.45) is 0 Å². The minimum absolute atomic E-state index is 0.120. The highest BCUT2D eigenvalue weighted by atomic mass is 16.6. The molecule has 1 saturated heterocycles. The normalized spacial score (nSPS) is 17.3. The van der Waals surface area contributed by atoms with Crippen LogP contribution >= 0.6 is 0 Å². The Balaban J connectivity index is 2.09. The third kappa shape index (κ3) is 2.82. The van der Waals surface area contributed by atoms with Gasteiger partial charge in [0.05, 0.1) is 17.5 Å². The number of nitrogens with one attached hydrogen (secondary N) is 1. The van der Waals surface area contributed by atoms with Crippen molar-refractivity contribution in [2.75, 3.05) is 13.7 Å². The molecule has 1 N–H and O–H groups in total. The summed E-state index contributed by atoms with van der Waals surface area (Å²) in [7, 11) is 1.29. The van der Waals surface area contributed by atoms with Gasteiger partial charge in [0.15, 0.2) is 11.2 Å². The van der Waals surface area contributed by atoms with Crippen molar-refractivity contribution in [1.29, 1.82) is 0 Å². The molecular weight excluding hydrogens is 364 g/mol. The first-order chi connectivity index (χ1) is 13.6. The molecule has 0 bridgehead atoms. The summed E-state index contributed by atoms with van der Waals surface area (Å²) in [5, 5.41) is 16.2. The highest BCUT2D eigenvalue weighted by Crippen LogP contribution is 2.39. The molecule has 9 heteroatoms. The van der Waals surface area contributed by atoms with Crippen molar-refractivity contribution in [3.8, 4) is 0 Å². The van der Waals surface area contributed by atoms with Gasteiger partial charge in [0, 0.05) is 29.6 Å². The van der Waals surface area contributed by atoms with Gasteiger partial charge >= 0.3 is 5.97 Å². The molecule has 1 unspecified atom stereocenters. The molecule has 0 aliphatic carbocycles. The molecule has 1 aliphatic heterocycles. The number of hydrogen-bond acceptors (Lipinski definition) is 6. The average molecular weight is 386 g/mol. The fourth-order valence-electron chi connectivity index (χ4n) is 3.99. The molecule has 28 heavy (non-hydrogen) atoms. The number of nitro benzene ring substituents is 1. The minimum atomic E-state index is -0.585. The molecule has 1 fully saturated rings. The average Bonchev–Trinajstić information content (AvgIpc) is 3.29. The number of aromatic nitrogens is 3. The van der Waals surface area contributed by atoms with Crippen LogP contribution in [0.5, 0.6) is 0 Å². The molecule has 148 valence electrons. The van der Waals surface area contributed by atoms with Crippen LogP contribution in [0.2, 0.25) is 0 Å². The number of ether oxygens (including phenoxy) is 2. The number of fused-ring (bicyclic) bond motifs is 3. The SMILES string of the molecule is CCCc1c(C(=O)OC)nc2c([N+](=O)[O-])cc3c[nH]n(C4CCCCO4)c3c12. The molecule has 9 nitrogen and oxygen atoms in total. The Morgan fingerprint density at radius 2 is 2.32 bits per heavy atom. The van der Waals surface area contributed by atoms with Gasteiger partial charge in [-0.15, -0.1) is 0 Å². The van der Waals surface area contributed by atoms with Gasteiger partial charge in [-0.05, 0) is 31.2 Å². The van der Waals surface area contributed by atoms with Crippen LogP contribution in [0.3, 0.4) is 0 Å². The van der Waals surface area contributed by atoms with Crippen molar-refractivity contribution in [1.82, 2.24) is 14.8 Å². The number of aryl methyl sites for hydroxylation is 1. The van der Waals surface area contributed by atoms with Crippen LogP contribution in [0.15, 0.2) is 12.3 Å². The molecule has 0 radical (unpaired) electrons. The van der Waals surface area contributed by atoms with Gasteiger partial charge in [0.1, 0.15) is 6.23 Å². The van der Waals surface area contributed by atoms with Crippen LogP contribution < -0.4 is 0 Å². The second kappa shape index (κ2) is 7.23. The van der Waals surface area contributed by atoms with Gasteiger partial charge in [-0.25, -0.2) is 9.78 Å². The fourth-order valence-corrected chi connectivity index (χ4v) is 3.99. The molecule has 3 heterocycles. The van der Waals surface area contributed by atoms with Crippen LogP contribution in [0, 0.1) is 10.1 Å². The minimum Gasteiger partial charge on any atom is -0.464 e. The van der Waals surface area contributed by atoms with Crippen LogP contribution in [-0.2, 0) is 15.9 Å². The van der Waals surface area contributed by atoms with Gasteiger partial charge in [-0.1, -0.05) is 13.3 Å². The molecule has 1 atom stereocenters. The quantitative estimate of drug-likeness (QED) is 0.405. The van der Waals surface area contributed by atoms with Gasteiger partial charge in [0.25, 0.3) is 5.69 Å². The Morgan fingerprint density at radius 3 is 2.96 bits per heavy atom. The standard InChI is InChI=1S/C19H22N4O5/c1-3-6-12-15-17(21-16(12)19(24)27-2)13(23(25)26)9-11-10-20-22(18(11)15)14-7-4-5-8-28-14/h9-10,14,20H,3-8H2,1-2H3. The number of H-pyrrole nitrogens is 1. The summed E-state index contributed by atoms with van der Waals surface area (Å²) in [6, 6.07) is 1.50. The highest BCUT2D eigenvalue weighted by Gasteiger charge is 2.29. The van der Waals surface area contributed by atoms with Crippen LogP contribution in [0.25, 0.3) is 21.8 Å². The molecule has 4 rings (SSSR count). The van der Waals surface area contributed by atoms with E-state index in [9.17, 15) is 14.9 Å². The number of nitrogens with zero attached hydrogens (tertiary/aromatic N) is 3. The zero-order valence-electron chi connectivity index (χ0n) is 15.9. The predicted molar refractivity (Wildman–Crippen MR) is 102 cm³/mol. The maximum Gasteiger partial charge on any atom is 0.356 e. The first-order valence-electron chi connectivity index (χ1n) is 9.46. The lowest BCUT2D eigenvalue weighted by Gasteiger charge is -2.24. The number of carbonyl (C=O) groups is 1. The topological polar surface area (TPSA) is 112 Å². The number of carbonyl (C=O) groups excluding carboxylic acids is 1. The molecule has 2 aromatic heterocycles. The van der Waals surface area contributed by atoms with E-state index in [0.717, 1.165) is 31.2 Å². The van der Waals surface area contributed by atoms with Gasteiger partial charge < -0.3 is 14.6 Å². The lowest BCUT2D eigenvalue weighted by Crippen LogP contribution is -2.19. The van der Waals surface area contributed by atoms with E-state index < -0.39 is 10.9 Å². The molecule has 0 amide bonds. The number of esters is 1. The summed E-state index contributed by atoms with van der Waals surface area (Å²) < 4.78 is 12.7. The van der Waals surface area contributed by atoms with Crippen molar-refractivity contribution in [3.05, 3.63) is 33.6 Å². The van der Waals surface area contributed by atoms with E-state index in [1.54, 1.807) is 6.20 Å². The summed E-state index contributed by atoms with van der Waals surface area (Å²) in [4.78, 5) is 27.9.